The first-order valence-corrected chi connectivity index (χ1v) is 11.0. The van der Waals surface area contributed by atoms with Crippen LogP contribution in [0.4, 0.5) is 0 Å². The fraction of sp³-hybridized carbons (Fsp3) is 0.636. The number of amides is 2. The topological polar surface area (TPSA) is 49.4 Å². The predicted molar refractivity (Wildman–Crippen MR) is 109 cm³/mol. The second kappa shape index (κ2) is 7.57. The van der Waals surface area contributed by atoms with Crippen molar-refractivity contribution in [3.8, 4) is 0 Å². The van der Waals surface area contributed by atoms with Gasteiger partial charge < -0.3 is 10.2 Å². The van der Waals surface area contributed by atoms with Crippen LogP contribution in [-0.4, -0.2) is 30.3 Å². The molecule has 0 heterocycles. The molecule has 4 aliphatic carbocycles. The zero-order chi connectivity index (χ0) is 19.0. The highest BCUT2D eigenvalue weighted by Crippen LogP contribution is 2.61. The number of hydrogen-bond donors (Lipinski definition) is 1. The van der Waals surface area contributed by atoms with Crippen LogP contribution < -0.4 is 5.32 Å². The maximum atomic E-state index is 12.6. The van der Waals surface area contributed by atoms with Gasteiger partial charge in [-0.1, -0.05) is 28.1 Å². The van der Waals surface area contributed by atoms with E-state index in [9.17, 15) is 9.59 Å². The molecule has 4 nitrogen and oxygen atoms in total. The highest BCUT2D eigenvalue weighted by Gasteiger charge is 2.51. The zero-order valence-electron chi connectivity index (χ0n) is 16.0. The van der Waals surface area contributed by atoms with Crippen LogP contribution >= 0.6 is 15.9 Å². The van der Waals surface area contributed by atoms with Gasteiger partial charge >= 0.3 is 0 Å². The Bertz CT molecular complexity index is 680. The highest BCUT2D eigenvalue weighted by molar-refractivity contribution is 9.10. The Balaban J connectivity index is 1.25. The summed E-state index contributed by atoms with van der Waals surface area (Å²) >= 11 is 3.42. The van der Waals surface area contributed by atoms with Crippen molar-refractivity contribution in [2.75, 3.05) is 13.6 Å². The molecule has 4 aliphatic rings. The molecule has 0 saturated heterocycles. The van der Waals surface area contributed by atoms with E-state index < -0.39 is 0 Å². The lowest BCUT2D eigenvalue weighted by Crippen LogP contribution is -2.48. The molecule has 0 aliphatic heterocycles. The normalized spacial score (nSPS) is 31.0. The van der Waals surface area contributed by atoms with Gasteiger partial charge in [-0.15, -0.1) is 0 Å². The fourth-order valence-electron chi connectivity index (χ4n) is 6.17. The Hall–Kier alpha value is -1.36. The van der Waals surface area contributed by atoms with Gasteiger partial charge in [0.15, 0.2) is 0 Å². The van der Waals surface area contributed by atoms with E-state index in [4.69, 9.17) is 0 Å². The van der Waals surface area contributed by atoms with Gasteiger partial charge in [-0.3, -0.25) is 9.59 Å². The lowest BCUT2D eigenvalue weighted by molar-refractivity contribution is -0.135. The molecule has 146 valence electrons. The quantitative estimate of drug-likeness (QED) is 0.734. The minimum absolute atomic E-state index is 0.0446. The standard InChI is InChI=1S/C22H29BrN2O2/c1-25(14-15-2-4-19(23)5-3-15)21(27)13-24-20(26)12-22-9-16-6-17(10-22)8-18(7-16)11-22/h2-5,16-18H,6-14H2,1H3,(H,24,26). The summed E-state index contributed by atoms with van der Waals surface area (Å²) in [7, 11) is 1.79. The lowest BCUT2D eigenvalue weighted by atomic mass is 9.49. The molecule has 4 fully saturated rings. The van der Waals surface area contributed by atoms with Gasteiger partial charge in [-0.25, -0.2) is 0 Å². The second-order valence-corrected chi connectivity index (χ2v) is 10.2. The molecular weight excluding hydrogens is 404 g/mol. The number of nitrogens with zero attached hydrogens (tertiary/aromatic N) is 1. The van der Waals surface area contributed by atoms with Crippen LogP contribution in [0.2, 0.25) is 0 Å². The number of hydrogen-bond acceptors (Lipinski definition) is 2. The summed E-state index contributed by atoms with van der Waals surface area (Å²) in [6, 6.07) is 7.95. The highest BCUT2D eigenvalue weighted by atomic mass is 79.9. The first-order chi connectivity index (χ1) is 12.9. The maximum Gasteiger partial charge on any atom is 0.242 e. The van der Waals surface area contributed by atoms with E-state index in [0.717, 1.165) is 27.8 Å². The van der Waals surface area contributed by atoms with Crippen molar-refractivity contribution in [3.63, 3.8) is 0 Å². The molecule has 1 aromatic rings. The molecule has 2 amide bonds. The Kier molecular flexibility index (Phi) is 5.32. The van der Waals surface area contributed by atoms with Crippen molar-refractivity contribution < 1.29 is 9.59 Å². The number of carbonyl (C=O) groups excluding carboxylic acids is 2. The lowest BCUT2D eigenvalue weighted by Gasteiger charge is -2.56. The number of benzene rings is 1. The monoisotopic (exact) mass is 432 g/mol. The molecule has 4 saturated carbocycles. The van der Waals surface area contributed by atoms with Crippen molar-refractivity contribution in [1.29, 1.82) is 0 Å². The summed E-state index contributed by atoms with van der Waals surface area (Å²) in [6.45, 7) is 0.648. The third-order valence-electron chi connectivity index (χ3n) is 6.90. The molecular formula is C22H29BrN2O2. The van der Waals surface area contributed by atoms with Crippen molar-refractivity contribution in [2.45, 2.75) is 51.5 Å². The largest absolute Gasteiger partial charge is 0.347 e. The van der Waals surface area contributed by atoms with E-state index in [1.165, 1.54) is 38.5 Å². The summed E-state index contributed by atoms with van der Waals surface area (Å²) in [6.07, 6.45) is 8.46. The average molecular weight is 433 g/mol. The smallest absolute Gasteiger partial charge is 0.242 e. The van der Waals surface area contributed by atoms with Crippen molar-refractivity contribution in [2.24, 2.45) is 23.2 Å². The fourth-order valence-corrected chi connectivity index (χ4v) is 6.43. The molecule has 5 heteroatoms. The van der Waals surface area contributed by atoms with E-state index in [1.807, 2.05) is 24.3 Å². The molecule has 0 unspecified atom stereocenters. The van der Waals surface area contributed by atoms with E-state index in [1.54, 1.807) is 11.9 Å². The molecule has 4 bridgehead atoms. The first kappa shape index (κ1) is 19.0. The summed E-state index contributed by atoms with van der Waals surface area (Å²) in [5, 5.41) is 2.90. The van der Waals surface area contributed by atoms with Crippen LogP contribution in [0.15, 0.2) is 28.7 Å². The van der Waals surface area contributed by atoms with Gasteiger partial charge in [0.2, 0.25) is 11.8 Å². The molecule has 5 rings (SSSR count). The number of rotatable bonds is 6. The SMILES string of the molecule is CN(Cc1ccc(Br)cc1)C(=O)CNC(=O)CC12CC3CC(CC(C3)C1)C2. The van der Waals surface area contributed by atoms with E-state index >= 15 is 0 Å². The summed E-state index contributed by atoms with van der Waals surface area (Å²) in [5.74, 6) is 2.56. The van der Waals surface area contributed by atoms with Crippen LogP contribution in [0.1, 0.15) is 50.5 Å². The molecule has 0 aromatic heterocycles. The Morgan fingerprint density at radius 1 is 1.07 bits per heavy atom. The van der Waals surface area contributed by atoms with Crippen LogP contribution in [0, 0.1) is 23.2 Å². The van der Waals surface area contributed by atoms with Crippen LogP contribution in [0.3, 0.4) is 0 Å². The van der Waals surface area contributed by atoms with Crippen LogP contribution in [0.5, 0.6) is 0 Å². The Morgan fingerprint density at radius 2 is 1.63 bits per heavy atom. The minimum atomic E-state index is -0.0446. The number of carbonyl (C=O) groups is 2. The second-order valence-electron chi connectivity index (χ2n) is 9.25. The molecule has 0 atom stereocenters. The third-order valence-corrected chi connectivity index (χ3v) is 7.42. The molecule has 0 spiro atoms. The van der Waals surface area contributed by atoms with Crippen molar-refractivity contribution in [1.82, 2.24) is 10.2 Å². The number of halogens is 1. The van der Waals surface area contributed by atoms with Gasteiger partial charge in [-0.05, 0) is 79.4 Å². The maximum absolute atomic E-state index is 12.6. The summed E-state index contributed by atoms with van der Waals surface area (Å²) in [4.78, 5) is 26.6. The van der Waals surface area contributed by atoms with E-state index in [2.05, 4.69) is 21.2 Å². The van der Waals surface area contributed by atoms with Gasteiger partial charge in [-0.2, -0.15) is 0 Å². The molecule has 27 heavy (non-hydrogen) atoms. The predicted octanol–water partition coefficient (Wildman–Crippen LogP) is 4.13. The van der Waals surface area contributed by atoms with Crippen molar-refractivity contribution in [3.05, 3.63) is 34.3 Å². The van der Waals surface area contributed by atoms with Gasteiger partial charge in [0, 0.05) is 24.5 Å². The zero-order valence-corrected chi connectivity index (χ0v) is 17.6. The summed E-state index contributed by atoms with van der Waals surface area (Å²) < 4.78 is 1.03. The molecule has 1 N–H and O–H groups in total. The van der Waals surface area contributed by atoms with Gasteiger partial charge in [0.05, 0.1) is 6.54 Å². The number of nitrogens with one attached hydrogen (secondary N) is 1. The number of likely N-dealkylation sites (N-methyl/N-ethyl adjacent to an activating group) is 1. The van der Waals surface area contributed by atoms with E-state index in [-0.39, 0.29) is 23.8 Å². The molecule has 1 aromatic carbocycles. The van der Waals surface area contributed by atoms with Gasteiger partial charge in [0.1, 0.15) is 0 Å². The minimum Gasteiger partial charge on any atom is -0.347 e. The van der Waals surface area contributed by atoms with Crippen LogP contribution in [-0.2, 0) is 16.1 Å². The van der Waals surface area contributed by atoms with Crippen LogP contribution in [0.25, 0.3) is 0 Å². The van der Waals surface area contributed by atoms with Gasteiger partial charge in [0.25, 0.3) is 0 Å². The first-order valence-electron chi connectivity index (χ1n) is 10.2. The molecule has 0 radical (unpaired) electrons. The van der Waals surface area contributed by atoms with Crippen molar-refractivity contribution >= 4 is 27.7 Å². The Labute approximate surface area is 170 Å². The average Bonchev–Trinajstić information content (AvgIpc) is 2.60. The Morgan fingerprint density at radius 3 is 2.19 bits per heavy atom. The van der Waals surface area contributed by atoms with E-state index in [0.29, 0.717) is 13.0 Å². The summed E-state index contributed by atoms with van der Waals surface area (Å²) in [5.41, 5.74) is 1.31. The third kappa shape index (κ3) is 4.39.